The van der Waals surface area contributed by atoms with Gasteiger partial charge in [0, 0.05) is 5.56 Å². The molecule has 35 heavy (non-hydrogen) atoms. The lowest BCUT2D eigenvalue weighted by molar-refractivity contribution is 0.104. The van der Waals surface area contributed by atoms with Crippen LogP contribution in [0.1, 0.15) is 86.7 Å². The highest BCUT2D eigenvalue weighted by molar-refractivity contribution is 6.07. The number of benzene rings is 3. The Bertz CT molecular complexity index is 1030. The van der Waals surface area contributed by atoms with Crippen molar-refractivity contribution in [3.8, 4) is 16.9 Å². The molecular formula is C33H40O2. The van der Waals surface area contributed by atoms with Crippen LogP contribution in [-0.2, 0) is 6.42 Å². The van der Waals surface area contributed by atoms with Gasteiger partial charge in [-0.15, -0.1) is 0 Å². The molecule has 0 radical (unpaired) electrons. The number of aryl methyl sites for hydroxylation is 1. The number of carbonyl (C=O) groups is 1. The van der Waals surface area contributed by atoms with E-state index in [1.54, 1.807) is 6.08 Å². The van der Waals surface area contributed by atoms with Gasteiger partial charge in [0.2, 0.25) is 0 Å². The molecule has 3 rings (SSSR count). The minimum Gasteiger partial charge on any atom is -0.494 e. The monoisotopic (exact) mass is 468 g/mol. The third kappa shape index (κ3) is 9.20. The summed E-state index contributed by atoms with van der Waals surface area (Å²) in [5.41, 5.74) is 5.39. The van der Waals surface area contributed by atoms with Gasteiger partial charge in [0.25, 0.3) is 0 Å². The Balaban J connectivity index is 1.48. The first-order chi connectivity index (χ1) is 17.2. The van der Waals surface area contributed by atoms with E-state index in [1.165, 1.54) is 56.1 Å². The summed E-state index contributed by atoms with van der Waals surface area (Å²) >= 11 is 0. The van der Waals surface area contributed by atoms with E-state index >= 15 is 0 Å². The van der Waals surface area contributed by atoms with Crippen LogP contribution in [0.2, 0.25) is 0 Å². The van der Waals surface area contributed by atoms with E-state index in [-0.39, 0.29) is 5.78 Å². The number of hydrogen-bond acceptors (Lipinski definition) is 2. The minimum atomic E-state index is 0.00947. The molecule has 0 aliphatic rings. The largest absolute Gasteiger partial charge is 0.494 e. The normalized spacial score (nSPS) is 11.1. The molecule has 0 N–H and O–H groups in total. The van der Waals surface area contributed by atoms with Crippen LogP contribution in [-0.4, -0.2) is 12.4 Å². The zero-order valence-electron chi connectivity index (χ0n) is 21.5. The average molecular weight is 469 g/mol. The van der Waals surface area contributed by atoms with Crippen molar-refractivity contribution in [1.29, 1.82) is 0 Å². The second-order valence-corrected chi connectivity index (χ2v) is 9.26. The summed E-state index contributed by atoms with van der Waals surface area (Å²) in [7, 11) is 0. The van der Waals surface area contributed by atoms with Gasteiger partial charge in [0.05, 0.1) is 6.61 Å². The summed E-state index contributed by atoms with van der Waals surface area (Å²) in [4.78, 5) is 12.6. The molecule has 0 fully saturated rings. The van der Waals surface area contributed by atoms with Crippen LogP contribution in [0.5, 0.6) is 5.75 Å². The molecule has 0 aliphatic heterocycles. The first-order valence-electron chi connectivity index (χ1n) is 13.3. The first-order valence-corrected chi connectivity index (χ1v) is 13.3. The average Bonchev–Trinajstić information content (AvgIpc) is 2.90. The van der Waals surface area contributed by atoms with Crippen LogP contribution in [0, 0.1) is 0 Å². The maximum absolute atomic E-state index is 12.6. The standard InChI is InChI=1S/C33H40O2/c1-3-5-7-8-10-26-35-32-23-14-28(15-24-32)16-25-33(34)31-21-19-30(20-22-31)29-17-12-27(13-18-29)11-9-6-4-2/h12-25H,3-11,26H2,1-2H3. The van der Waals surface area contributed by atoms with Gasteiger partial charge in [-0.25, -0.2) is 0 Å². The van der Waals surface area contributed by atoms with Crippen LogP contribution in [0.25, 0.3) is 17.2 Å². The highest BCUT2D eigenvalue weighted by atomic mass is 16.5. The van der Waals surface area contributed by atoms with E-state index in [9.17, 15) is 4.79 Å². The molecule has 0 unspecified atom stereocenters. The van der Waals surface area contributed by atoms with E-state index in [2.05, 4.69) is 38.1 Å². The van der Waals surface area contributed by atoms with Crippen molar-refractivity contribution in [3.63, 3.8) is 0 Å². The number of ketones is 1. The van der Waals surface area contributed by atoms with E-state index in [4.69, 9.17) is 4.74 Å². The molecule has 0 amide bonds. The molecule has 0 aliphatic carbocycles. The Morgan fingerprint density at radius 2 is 1.29 bits per heavy atom. The highest BCUT2D eigenvalue weighted by Gasteiger charge is 2.04. The van der Waals surface area contributed by atoms with E-state index in [0.717, 1.165) is 36.3 Å². The van der Waals surface area contributed by atoms with Crippen LogP contribution < -0.4 is 4.74 Å². The molecule has 0 atom stereocenters. The lowest BCUT2D eigenvalue weighted by Gasteiger charge is -2.06. The highest BCUT2D eigenvalue weighted by Crippen LogP contribution is 2.22. The van der Waals surface area contributed by atoms with Crippen molar-refractivity contribution < 1.29 is 9.53 Å². The first kappa shape index (κ1) is 26.5. The van der Waals surface area contributed by atoms with Crippen molar-refractivity contribution in [2.45, 2.75) is 71.6 Å². The van der Waals surface area contributed by atoms with Gasteiger partial charge >= 0.3 is 0 Å². The lowest BCUT2D eigenvalue weighted by Crippen LogP contribution is -1.97. The Hall–Kier alpha value is -3.13. The van der Waals surface area contributed by atoms with Gasteiger partial charge in [-0.05, 0) is 59.7 Å². The Labute approximate surface area is 212 Å². The molecule has 0 saturated heterocycles. The van der Waals surface area contributed by atoms with Crippen molar-refractivity contribution >= 4 is 11.9 Å². The minimum absolute atomic E-state index is 0.00947. The summed E-state index contributed by atoms with van der Waals surface area (Å²) in [6.45, 7) is 5.22. The fourth-order valence-corrected chi connectivity index (χ4v) is 4.11. The number of allylic oxidation sites excluding steroid dienone is 1. The van der Waals surface area contributed by atoms with Gasteiger partial charge < -0.3 is 4.74 Å². The Morgan fingerprint density at radius 3 is 1.94 bits per heavy atom. The molecule has 2 heteroatoms. The molecule has 3 aromatic carbocycles. The van der Waals surface area contributed by atoms with Crippen LogP contribution in [0.4, 0.5) is 0 Å². The maximum Gasteiger partial charge on any atom is 0.185 e. The molecule has 0 aromatic heterocycles. The number of hydrogen-bond donors (Lipinski definition) is 0. The molecular weight excluding hydrogens is 428 g/mol. The van der Waals surface area contributed by atoms with Crippen LogP contribution in [0.15, 0.2) is 78.9 Å². The number of carbonyl (C=O) groups excluding carboxylic acids is 1. The van der Waals surface area contributed by atoms with E-state index in [1.807, 2.05) is 54.6 Å². The predicted octanol–water partition coefficient (Wildman–Crippen LogP) is 9.33. The maximum atomic E-state index is 12.6. The van der Waals surface area contributed by atoms with Crippen LogP contribution in [0.3, 0.4) is 0 Å². The van der Waals surface area contributed by atoms with Gasteiger partial charge in [-0.3, -0.25) is 4.79 Å². The summed E-state index contributed by atoms with van der Waals surface area (Å²) < 4.78 is 5.82. The van der Waals surface area contributed by atoms with E-state index < -0.39 is 0 Å². The third-order valence-electron chi connectivity index (χ3n) is 6.35. The molecule has 0 bridgehead atoms. The third-order valence-corrected chi connectivity index (χ3v) is 6.35. The summed E-state index contributed by atoms with van der Waals surface area (Å²) in [5, 5.41) is 0. The SMILES string of the molecule is CCCCCCCOc1ccc(C=CC(=O)c2ccc(-c3ccc(CCCCC)cc3)cc2)cc1. The topological polar surface area (TPSA) is 26.3 Å². The van der Waals surface area contributed by atoms with Gasteiger partial charge in [0.1, 0.15) is 5.75 Å². The van der Waals surface area contributed by atoms with Crippen molar-refractivity contribution in [1.82, 2.24) is 0 Å². The van der Waals surface area contributed by atoms with Crippen molar-refractivity contribution in [2.24, 2.45) is 0 Å². The summed E-state index contributed by atoms with van der Waals surface area (Å²) in [5.74, 6) is 0.892. The van der Waals surface area contributed by atoms with Crippen molar-refractivity contribution in [2.75, 3.05) is 6.61 Å². The molecule has 2 nitrogen and oxygen atoms in total. The Kier molecular flexibility index (Phi) is 11.3. The van der Waals surface area contributed by atoms with E-state index in [0.29, 0.717) is 5.56 Å². The lowest BCUT2D eigenvalue weighted by atomic mass is 9.99. The molecule has 3 aromatic rings. The quantitative estimate of drug-likeness (QED) is 0.126. The summed E-state index contributed by atoms with van der Waals surface area (Å²) in [6, 6.07) is 24.6. The Morgan fingerprint density at radius 1 is 0.686 bits per heavy atom. The van der Waals surface area contributed by atoms with Gasteiger partial charge in [-0.1, -0.05) is 119 Å². The summed E-state index contributed by atoms with van der Waals surface area (Å²) in [6.07, 6.45) is 14.6. The molecule has 184 valence electrons. The fraction of sp³-hybridized carbons (Fsp3) is 0.364. The second-order valence-electron chi connectivity index (χ2n) is 9.26. The van der Waals surface area contributed by atoms with Gasteiger partial charge in [0.15, 0.2) is 5.78 Å². The number of ether oxygens (including phenoxy) is 1. The van der Waals surface area contributed by atoms with Crippen molar-refractivity contribution in [3.05, 3.63) is 95.6 Å². The number of rotatable bonds is 15. The molecule has 0 spiro atoms. The zero-order chi connectivity index (χ0) is 24.7. The smallest absolute Gasteiger partial charge is 0.185 e. The molecule has 0 saturated carbocycles. The fourth-order valence-electron chi connectivity index (χ4n) is 4.11. The number of unbranched alkanes of at least 4 members (excludes halogenated alkanes) is 6. The van der Waals surface area contributed by atoms with Crippen LogP contribution >= 0.6 is 0 Å². The predicted molar refractivity (Wildman–Crippen MR) is 149 cm³/mol. The zero-order valence-corrected chi connectivity index (χ0v) is 21.5. The molecule has 0 heterocycles. The van der Waals surface area contributed by atoms with Gasteiger partial charge in [-0.2, -0.15) is 0 Å². The second kappa shape index (κ2) is 15.0.